The van der Waals surface area contributed by atoms with Gasteiger partial charge in [-0.05, 0) is 0 Å². The van der Waals surface area contributed by atoms with E-state index in [0.717, 1.165) is 0 Å². The van der Waals surface area contributed by atoms with Crippen molar-refractivity contribution in [2.45, 2.75) is 24.4 Å². The van der Waals surface area contributed by atoms with Crippen molar-refractivity contribution in [2.24, 2.45) is 5.73 Å². The predicted molar refractivity (Wildman–Crippen MR) is 67.3 cm³/mol. The van der Waals surface area contributed by atoms with E-state index in [9.17, 15) is 19.6 Å². The van der Waals surface area contributed by atoms with Gasteiger partial charge in [0, 0.05) is 0 Å². The van der Waals surface area contributed by atoms with E-state index < -0.39 is 44.8 Å². The van der Waals surface area contributed by atoms with Crippen LogP contribution in [0.1, 0.15) is 21.2 Å². The summed E-state index contributed by atoms with van der Waals surface area (Å²) in [6.07, 6.45) is -4.82. The maximum absolute atomic E-state index is 11.0. The molecule has 1 aromatic heterocycles. The molecule has 1 saturated heterocycles. The molecule has 10 nitrogen and oxygen atoms in total. The number of nitrogens with two attached hydrogens (primary N) is 1. The van der Waals surface area contributed by atoms with Crippen molar-refractivity contribution >= 4 is 28.2 Å². The van der Waals surface area contributed by atoms with Gasteiger partial charge in [-0.15, -0.1) is 0 Å². The van der Waals surface area contributed by atoms with Crippen molar-refractivity contribution in [1.29, 1.82) is 0 Å². The maximum atomic E-state index is 11.0. The number of ether oxygens (including phenoxy) is 1. The molecule has 1 amide bonds. The first-order chi connectivity index (χ1) is 9.69. The standard InChI is InChI=1S/C9H13N2O8PSe/c10-8(14)3-2-21-9(11-3)7-6(13)5(12)4(19-7)1-18-20(15,16)17/h2,4-7,12-13H,1H2,(H2,10,14)(H2,15,16,17)/t4-,5-,6-,7?/m1/s1. The normalized spacial score (nSPS) is 29.7. The summed E-state index contributed by atoms with van der Waals surface area (Å²) in [4.78, 5) is 33.7. The zero-order chi connectivity index (χ0) is 15.8. The summed E-state index contributed by atoms with van der Waals surface area (Å²) >= 11 is -0.366. The molecular weight excluding hydrogens is 374 g/mol. The zero-order valence-corrected chi connectivity index (χ0v) is 13.0. The summed E-state index contributed by atoms with van der Waals surface area (Å²) in [6.45, 7) is -0.588. The van der Waals surface area contributed by atoms with Gasteiger partial charge in [-0.1, -0.05) is 0 Å². The number of phosphoric acid groups is 1. The fraction of sp³-hybridized carbons (Fsp3) is 0.556. The Labute approximate surface area is 124 Å². The number of nitrogens with zero attached hydrogens (tertiary/aromatic N) is 1. The Morgan fingerprint density at radius 3 is 2.67 bits per heavy atom. The van der Waals surface area contributed by atoms with E-state index in [-0.39, 0.29) is 20.2 Å². The molecule has 2 rings (SSSR count). The van der Waals surface area contributed by atoms with Gasteiger partial charge in [0.2, 0.25) is 0 Å². The first-order valence-electron chi connectivity index (χ1n) is 5.66. The number of hydrogen-bond donors (Lipinski definition) is 5. The molecule has 1 aromatic rings. The molecule has 0 radical (unpaired) electrons. The monoisotopic (exact) mass is 388 g/mol. The van der Waals surface area contributed by atoms with Crippen molar-refractivity contribution in [2.75, 3.05) is 6.61 Å². The van der Waals surface area contributed by atoms with E-state index in [4.69, 9.17) is 20.3 Å². The molecule has 1 fully saturated rings. The van der Waals surface area contributed by atoms with Crippen LogP contribution in [0.15, 0.2) is 4.94 Å². The van der Waals surface area contributed by atoms with Crippen LogP contribution < -0.4 is 5.73 Å². The minimum atomic E-state index is -4.70. The first-order valence-corrected chi connectivity index (χ1v) is 9.03. The van der Waals surface area contributed by atoms with Crippen LogP contribution in [0, 0.1) is 0 Å². The molecule has 6 N–H and O–H groups in total. The third kappa shape index (κ3) is 3.98. The van der Waals surface area contributed by atoms with Crippen LogP contribution in [0.25, 0.3) is 0 Å². The number of aromatic nitrogens is 1. The van der Waals surface area contributed by atoms with E-state index in [0.29, 0.717) is 4.57 Å². The summed E-state index contributed by atoms with van der Waals surface area (Å²) in [7, 11) is -4.70. The van der Waals surface area contributed by atoms with Gasteiger partial charge in [0.05, 0.1) is 0 Å². The molecule has 4 atom stereocenters. The van der Waals surface area contributed by atoms with Gasteiger partial charge in [0.15, 0.2) is 0 Å². The Balaban J connectivity index is 2.08. The van der Waals surface area contributed by atoms with Gasteiger partial charge in [-0.3, -0.25) is 0 Å². The van der Waals surface area contributed by atoms with Gasteiger partial charge in [0.25, 0.3) is 0 Å². The van der Waals surface area contributed by atoms with Crippen LogP contribution in [0.4, 0.5) is 0 Å². The number of aliphatic hydroxyl groups excluding tert-OH is 2. The molecule has 0 spiro atoms. The van der Waals surface area contributed by atoms with Gasteiger partial charge in [0.1, 0.15) is 0 Å². The molecule has 0 aliphatic carbocycles. The Hall–Kier alpha value is -0.611. The average molecular weight is 387 g/mol. The summed E-state index contributed by atoms with van der Waals surface area (Å²) in [5.74, 6) is -0.707. The fourth-order valence-corrected chi connectivity index (χ4v) is 3.98. The van der Waals surface area contributed by atoms with E-state index in [1.54, 1.807) is 0 Å². The molecule has 12 heteroatoms. The minimum absolute atomic E-state index is 0.0604. The molecule has 1 aliphatic heterocycles. The third-order valence-electron chi connectivity index (χ3n) is 2.79. The van der Waals surface area contributed by atoms with E-state index in [1.165, 1.54) is 4.94 Å². The zero-order valence-electron chi connectivity index (χ0n) is 10.4. The van der Waals surface area contributed by atoms with Crippen LogP contribution in [0.5, 0.6) is 0 Å². The van der Waals surface area contributed by atoms with Gasteiger partial charge < -0.3 is 0 Å². The average Bonchev–Trinajstić information content (AvgIpc) is 2.94. The number of amides is 1. The second-order valence-electron chi connectivity index (χ2n) is 4.30. The van der Waals surface area contributed by atoms with E-state index in [1.807, 2.05) is 0 Å². The van der Waals surface area contributed by atoms with E-state index >= 15 is 0 Å². The van der Waals surface area contributed by atoms with Crippen molar-refractivity contribution in [3.63, 3.8) is 0 Å². The number of hydrogen-bond acceptors (Lipinski definition) is 7. The molecule has 118 valence electrons. The van der Waals surface area contributed by atoms with Crippen LogP contribution in [0.3, 0.4) is 0 Å². The summed E-state index contributed by atoms with van der Waals surface area (Å²) in [5.41, 5.74) is 5.14. The molecule has 0 saturated carbocycles. The number of rotatable bonds is 5. The molecule has 1 unspecified atom stereocenters. The summed E-state index contributed by atoms with van der Waals surface area (Å²) in [5, 5.41) is 19.7. The molecule has 0 aromatic carbocycles. The molecular formula is C9H13N2O8PSe. The van der Waals surface area contributed by atoms with Crippen molar-refractivity contribution < 1.29 is 38.6 Å². The fourth-order valence-electron chi connectivity index (χ4n) is 1.79. The third-order valence-corrected chi connectivity index (χ3v) is 5.17. The molecule has 1 aliphatic rings. The number of carbonyl (C=O) groups is 1. The van der Waals surface area contributed by atoms with Crippen LogP contribution in [-0.2, 0) is 13.8 Å². The van der Waals surface area contributed by atoms with Gasteiger partial charge in [-0.25, -0.2) is 0 Å². The van der Waals surface area contributed by atoms with Crippen LogP contribution in [0.2, 0.25) is 0 Å². The van der Waals surface area contributed by atoms with Gasteiger partial charge >= 0.3 is 124 Å². The predicted octanol–water partition coefficient (Wildman–Crippen LogP) is -2.49. The summed E-state index contributed by atoms with van der Waals surface area (Å²) in [6, 6.07) is 0. The Kier molecular flexibility index (Phi) is 4.99. The topological polar surface area (TPSA) is 172 Å². The van der Waals surface area contributed by atoms with Crippen molar-refractivity contribution in [1.82, 2.24) is 4.98 Å². The van der Waals surface area contributed by atoms with Crippen molar-refractivity contribution in [3.8, 4) is 0 Å². The SMILES string of the molecule is NC(=O)c1c[se]c(C2O[C@H](COP(=O)(O)O)[C@@H](O)[C@H]2O)n1. The number of aliphatic hydroxyl groups is 2. The molecule has 2 heterocycles. The molecule has 0 bridgehead atoms. The van der Waals surface area contributed by atoms with Crippen LogP contribution in [-0.4, -0.2) is 70.3 Å². The van der Waals surface area contributed by atoms with Crippen molar-refractivity contribution in [3.05, 3.63) is 15.2 Å². The van der Waals surface area contributed by atoms with Gasteiger partial charge in [-0.2, -0.15) is 0 Å². The number of primary amides is 1. The molecule has 21 heavy (non-hydrogen) atoms. The second-order valence-corrected chi connectivity index (χ2v) is 7.40. The summed E-state index contributed by atoms with van der Waals surface area (Å²) < 4.78 is 20.6. The Morgan fingerprint density at radius 2 is 2.14 bits per heavy atom. The van der Waals surface area contributed by atoms with Crippen LogP contribution >= 0.6 is 7.82 Å². The number of phosphoric ester groups is 1. The number of carbonyl (C=O) groups excluding carboxylic acids is 1. The quantitative estimate of drug-likeness (QED) is 0.271. The Bertz CT molecular complexity index is 574. The Morgan fingerprint density at radius 1 is 1.48 bits per heavy atom. The van der Waals surface area contributed by atoms with E-state index in [2.05, 4.69) is 9.51 Å². The first kappa shape index (κ1) is 16.8. The second kappa shape index (κ2) is 6.25.